The molecule has 0 aromatic carbocycles. The number of hydrogen-bond acceptors (Lipinski definition) is 3. The van der Waals surface area contributed by atoms with E-state index >= 15 is 0 Å². The van der Waals surface area contributed by atoms with Crippen molar-refractivity contribution in [3.8, 4) is 0 Å². The van der Waals surface area contributed by atoms with Crippen LogP contribution in [0, 0.1) is 5.41 Å². The first-order chi connectivity index (χ1) is 20.6. The third kappa shape index (κ3) is 13.1. The second kappa shape index (κ2) is 25.1. The highest BCUT2D eigenvalue weighted by Gasteiger charge is 2.66. The van der Waals surface area contributed by atoms with Gasteiger partial charge >= 0.3 is 0 Å². The highest BCUT2D eigenvalue weighted by molar-refractivity contribution is 5.12. The SMILES string of the molecule is CCCCCCC1(CCCCCC)OOOC(CCCCCC)(CCCCCC)C1(CCCCCC)CCCCCC. The van der Waals surface area contributed by atoms with Crippen molar-refractivity contribution in [2.75, 3.05) is 0 Å². The van der Waals surface area contributed by atoms with Crippen LogP contribution in [-0.4, -0.2) is 11.2 Å². The summed E-state index contributed by atoms with van der Waals surface area (Å²) in [5.74, 6) is 0. The third-order valence-electron chi connectivity index (χ3n) is 10.8. The predicted molar refractivity (Wildman–Crippen MR) is 184 cm³/mol. The third-order valence-corrected chi connectivity index (χ3v) is 10.8. The minimum Gasteiger partial charge on any atom is -0.199 e. The molecular formula is C39H78O3. The predicted octanol–water partition coefficient (Wildman–Crippen LogP) is 14.2. The summed E-state index contributed by atoms with van der Waals surface area (Å²) < 4.78 is 0. The van der Waals surface area contributed by atoms with E-state index in [-0.39, 0.29) is 16.6 Å². The fourth-order valence-corrected chi connectivity index (χ4v) is 8.19. The number of unbranched alkanes of at least 4 members (excludes halogenated alkanes) is 18. The molecule has 0 atom stereocenters. The molecule has 1 rings (SSSR count). The zero-order valence-electron chi connectivity index (χ0n) is 29.9. The van der Waals surface area contributed by atoms with Crippen LogP contribution >= 0.6 is 0 Å². The molecular weight excluding hydrogens is 516 g/mol. The summed E-state index contributed by atoms with van der Waals surface area (Å²) in [4.78, 5) is 13.5. The van der Waals surface area contributed by atoms with Gasteiger partial charge in [-0.25, -0.2) is 0 Å². The van der Waals surface area contributed by atoms with Gasteiger partial charge < -0.3 is 0 Å². The molecule has 3 heteroatoms. The van der Waals surface area contributed by atoms with E-state index < -0.39 is 0 Å². The van der Waals surface area contributed by atoms with Crippen molar-refractivity contribution in [1.29, 1.82) is 0 Å². The van der Waals surface area contributed by atoms with Crippen LogP contribution in [0.25, 0.3) is 0 Å². The van der Waals surface area contributed by atoms with Gasteiger partial charge in [-0.1, -0.05) is 201 Å². The highest BCUT2D eigenvalue weighted by atomic mass is 17.5. The summed E-state index contributed by atoms with van der Waals surface area (Å²) >= 11 is 0. The van der Waals surface area contributed by atoms with Crippen LogP contribution < -0.4 is 0 Å². The second-order valence-electron chi connectivity index (χ2n) is 14.2. The first-order valence-electron chi connectivity index (χ1n) is 19.6. The fourth-order valence-electron chi connectivity index (χ4n) is 8.19. The summed E-state index contributed by atoms with van der Waals surface area (Å²) in [5.41, 5.74) is -0.446. The van der Waals surface area contributed by atoms with E-state index in [1.807, 2.05) is 0 Å². The van der Waals surface area contributed by atoms with Gasteiger partial charge in [-0.05, 0) is 38.5 Å². The lowest BCUT2D eigenvalue weighted by Crippen LogP contribution is -2.67. The molecule has 0 unspecified atom stereocenters. The van der Waals surface area contributed by atoms with E-state index in [1.54, 1.807) is 0 Å². The van der Waals surface area contributed by atoms with Gasteiger partial charge in [0, 0.05) is 5.41 Å². The first-order valence-corrected chi connectivity index (χ1v) is 19.6. The summed E-state index contributed by atoms with van der Waals surface area (Å²) in [7, 11) is 0. The van der Waals surface area contributed by atoms with Crippen molar-refractivity contribution in [2.45, 2.75) is 245 Å². The minimum absolute atomic E-state index is 0.0244. The number of rotatable bonds is 30. The molecule has 3 nitrogen and oxygen atoms in total. The van der Waals surface area contributed by atoms with Crippen LogP contribution in [0.3, 0.4) is 0 Å². The van der Waals surface area contributed by atoms with E-state index in [9.17, 15) is 0 Å². The Morgan fingerprint density at radius 3 is 0.762 bits per heavy atom. The summed E-state index contributed by atoms with van der Waals surface area (Å²) in [5, 5.41) is 6.04. The molecule has 0 bridgehead atoms. The molecule has 0 aromatic rings. The minimum atomic E-state index is -0.235. The van der Waals surface area contributed by atoms with Gasteiger partial charge in [0.1, 0.15) is 11.2 Å². The monoisotopic (exact) mass is 595 g/mol. The summed E-state index contributed by atoms with van der Waals surface area (Å²) in [6.45, 7) is 14.0. The number of hydrogen-bond donors (Lipinski definition) is 0. The van der Waals surface area contributed by atoms with Gasteiger partial charge in [-0.15, -0.1) is 0 Å². The van der Waals surface area contributed by atoms with Crippen molar-refractivity contribution < 1.29 is 14.8 Å². The zero-order valence-corrected chi connectivity index (χ0v) is 29.9. The van der Waals surface area contributed by atoms with E-state index in [1.165, 1.54) is 167 Å². The Labute approximate surface area is 265 Å². The van der Waals surface area contributed by atoms with E-state index in [0.717, 1.165) is 25.7 Å². The average Bonchev–Trinajstić information content (AvgIpc) is 3.00. The molecule has 1 aliphatic rings. The van der Waals surface area contributed by atoms with Gasteiger partial charge in [-0.2, -0.15) is 9.78 Å². The Bertz CT molecular complexity index is 514. The Morgan fingerprint density at radius 1 is 0.286 bits per heavy atom. The van der Waals surface area contributed by atoms with E-state index in [2.05, 4.69) is 41.5 Å². The Morgan fingerprint density at radius 2 is 0.524 bits per heavy atom. The molecule has 42 heavy (non-hydrogen) atoms. The molecule has 1 fully saturated rings. The maximum atomic E-state index is 6.74. The van der Waals surface area contributed by atoms with Gasteiger partial charge in [0.15, 0.2) is 0 Å². The van der Waals surface area contributed by atoms with Crippen LogP contribution in [0.4, 0.5) is 0 Å². The Kier molecular flexibility index (Phi) is 23.9. The molecule has 1 aliphatic heterocycles. The topological polar surface area (TPSA) is 27.7 Å². The first kappa shape index (κ1) is 39.9. The lowest BCUT2D eigenvalue weighted by molar-refractivity contribution is -0.634. The average molecular weight is 595 g/mol. The maximum Gasteiger partial charge on any atom is 0.115 e. The van der Waals surface area contributed by atoms with Crippen LogP contribution in [0.2, 0.25) is 0 Å². The molecule has 0 saturated carbocycles. The molecule has 0 aromatic heterocycles. The van der Waals surface area contributed by atoms with Crippen molar-refractivity contribution in [2.24, 2.45) is 5.41 Å². The zero-order chi connectivity index (χ0) is 30.8. The lowest BCUT2D eigenvalue weighted by atomic mass is 9.51. The molecule has 0 N–H and O–H groups in total. The lowest BCUT2D eigenvalue weighted by Gasteiger charge is -2.62. The second-order valence-corrected chi connectivity index (χ2v) is 14.2. The van der Waals surface area contributed by atoms with Crippen LogP contribution in [0.1, 0.15) is 234 Å². The van der Waals surface area contributed by atoms with Crippen molar-refractivity contribution in [1.82, 2.24) is 0 Å². The van der Waals surface area contributed by atoms with E-state index in [4.69, 9.17) is 14.8 Å². The Hall–Kier alpha value is -0.120. The molecule has 1 saturated heterocycles. The fraction of sp³-hybridized carbons (Fsp3) is 1.00. The molecule has 0 amide bonds. The van der Waals surface area contributed by atoms with Crippen molar-refractivity contribution in [3.63, 3.8) is 0 Å². The molecule has 252 valence electrons. The standard InChI is InChI=1S/C39H78O3/c1-7-13-19-25-31-37(32-26-20-14-8-2)38(33-27-21-15-9-3,34-28-22-16-10-4)40-42-41-39(37,35-29-23-17-11-5)36-30-24-18-12-6/h7-36H2,1-6H3. The highest BCUT2D eigenvalue weighted by Crippen LogP contribution is 2.62. The van der Waals surface area contributed by atoms with Crippen molar-refractivity contribution >= 4 is 0 Å². The molecule has 0 spiro atoms. The van der Waals surface area contributed by atoms with Crippen LogP contribution in [-0.2, 0) is 14.8 Å². The quantitative estimate of drug-likeness (QED) is 0.0611. The summed E-state index contributed by atoms with van der Waals surface area (Å²) in [6.07, 6.45) is 38.2. The normalized spacial score (nSPS) is 17.6. The van der Waals surface area contributed by atoms with Gasteiger partial charge in [-0.3, -0.25) is 0 Å². The summed E-state index contributed by atoms with van der Waals surface area (Å²) in [6, 6.07) is 0. The van der Waals surface area contributed by atoms with Gasteiger partial charge in [0.05, 0.1) is 0 Å². The Balaban J connectivity index is 3.68. The van der Waals surface area contributed by atoms with E-state index in [0.29, 0.717) is 0 Å². The molecule has 0 aliphatic carbocycles. The van der Waals surface area contributed by atoms with Gasteiger partial charge in [0.25, 0.3) is 0 Å². The van der Waals surface area contributed by atoms with Crippen molar-refractivity contribution in [3.05, 3.63) is 0 Å². The molecule has 1 heterocycles. The largest absolute Gasteiger partial charge is 0.199 e. The van der Waals surface area contributed by atoms with Gasteiger partial charge in [0.2, 0.25) is 0 Å². The molecule has 0 radical (unpaired) electrons. The van der Waals surface area contributed by atoms with Crippen LogP contribution in [0.5, 0.6) is 0 Å². The maximum absolute atomic E-state index is 6.74. The smallest absolute Gasteiger partial charge is 0.115 e. The van der Waals surface area contributed by atoms with Crippen LogP contribution in [0.15, 0.2) is 0 Å².